The monoisotopic (exact) mass is 653 g/mol. The lowest BCUT2D eigenvalue weighted by molar-refractivity contribution is -0.131. The van der Waals surface area contributed by atoms with Crippen LogP contribution in [0.5, 0.6) is 11.5 Å². The molecule has 0 aliphatic heterocycles. The Hall–Kier alpha value is -6.43. The maximum absolute atomic E-state index is 13.6. The molecule has 7 aromatic rings. The van der Waals surface area contributed by atoms with Crippen molar-refractivity contribution >= 4 is 27.8 Å². The quantitative estimate of drug-likeness (QED) is 0.120. The molecule has 3 aromatic heterocycles. The number of aryl methyl sites for hydroxylation is 1. The summed E-state index contributed by atoms with van der Waals surface area (Å²) in [6.45, 7) is 2.40. The second kappa shape index (κ2) is 13.4. The number of phenols is 1. The van der Waals surface area contributed by atoms with Gasteiger partial charge in [0.25, 0.3) is 11.1 Å². The Kier molecular flexibility index (Phi) is 8.50. The molecule has 0 fully saturated rings. The molecule has 244 valence electrons. The lowest BCUT2D eigenvalue weighted by Gasteiger charge is -2.14. The molecule has 12 nitrogen and oxygen atoms in total. The third-order valence-electron chi connectivity index (χ3n) is 8.11. The molecule has 3 heterocycles. The van der Waals surface area contributed by atoms with Gasteiger partial charge in [-0.05, 0) is 61.4 Å². The van der Waals surface area contributed by atoms with Crippen molar-refractivity contribution in [3.63, 3.8) is 0 Å². The number of hydrogen-bond acceptors (Lipinski definition) is 9. The lowest BCUT2D eigenvalue weighted by atomic mass is 10.1. The van der Waals surface area contributed by atoms with Gasteiger partial charge in [0.05, 0.1) is 34.5 Å². The van der Waals surface area contributed by atoms with Crippen molar-refractivity contribution < 1.29 is 14.6 Å². The minimum absolute atomic E-state index is 0.0711. The highest BCUT2D eigenvalue weighted by atomic mass is 16.5. The zero-order chi connectivity index (χ0) is 33.9. The van der Waals surface area contributed by atoms with Crippen molar-refractivity contribution in [2.45, 2.75) is 39.4 Å². The van der Waals surface area contributed by atoms with Crippen LogP contribution in [0.25, 0.3) is 44.6 Å². The second-order valence-electron chi connectivity index (χ2n) is 11.6. The lowest BCUT2D eigenvalue weighted by Crippen LogP contribution is -2.24. The van der Waals surface area contributed by atoms with E-state index < -0.39 is 5.97 Å². The van der Waals surface area contributed by atoms with Gasteiger partial charge in [0.1, 0.15) is 28.8 Å². The average Bonchev–Trinajstić information content (AvgIpc) is 3.55. The molecule has 0 saturated carbocycles. The first-order valence-electron chi connectivity index (χ1n) is 15.8. The van der Waals surface area contributed by atoms with E-state index in [0.29, 0.717) is 82.0 Å². The summed E-state index contributed by atoms with van der Waals surface area (Å²) in [6, 6.07) is 28.0. The number of carbonyl (C=O) groups excluding carboxylic acids is 1. The number of esters is 1. The van der Waals surface area contributed by atoms with Gasteiger partial charge in [-0.1, -0.05) is 53.7 Å². The average molecular weight is 654 g/mol. The minimum atomic E-state index is -0.435. The Morgan fingerprint density at radius 3 is 2.04 bits per heavy atom. The molecule has 0 saturated heterocycles. The molecular formula is C37H31N7O5. The van der Waals surface area contributed by atoms with E-state index in [0.717, 1.165) is 0 Å². The third-order valence-corrected chi connectivity index (χ3v) is 8.11. The number of aromatic nitrogens is 7. The van der Waals surface area contributed by atoms with Crippen molar-refractivity contribution in [3.05, 3.63) is 130 Å². The molecule has 12 heteroatoms. The van der Waals surface area contributed by atoms with Gasteiger partial charge in [0.2, 0.25) is 0 Å². The van der Waals surface area contributed by atoms with Crippen LogP contribution < -0.4 is 15.9 Å². The maximum atomic E-state index is 13.6. The molecule has 0 radical (unpaired) electrons. The highest BCUT2D eigenvalue weighted by Gasteiger charge is 2.16. The molecule has 0 bridgehead atoms. The van der Waals surface area contributed by atoms with Crippen LogP contribution in [0.15, 0.2) is 113 Å². The van der Waals surface area contributed by atoms with E-state index in [4.69, 9.17) is 14.7 Å². The molecule has 0 atom stereocenters. The standard InChI is InChI=1S/C37H31N7O5/c1-24(45)49-29-13-9-11-26(21-29)34-38-32-16-4-2-14-30(32)36(47)43(34)19-7-6-18-42-22-27(40-41-42)23-44-35(25-10-8-12-28(46)20-25)39-33-17-5-3-15-31(33)37(44)48/h2-5,8-17,20-22,46H,6-7,18-19,23H2,1H3. The third kappa shape index (κ3) is 6.57. The number of para-hydroxylation sites is 2. The van der Waals surface area contributed by atoms with Crippen LogP contribution >= 0.6 is 0 Å². The zero-order valence-corrected chi connectivity index (χ0v) is 26.6. The Labute approximate surface area is 279 Å². The van der Waals surface area contributed by atoms with Gasteiger partial charge < -0.3 is 9.84 Å². The summed E-state index contributed by atoms with van der Waals surface area (Å²) >= 11 is 0. The highest BCUT2D eigenvalue weighted by Crippen LogP contribution is 2.25. The molecule has 7 rings (SSSR count). The molecule has 4 aromatic carbocycles. The number of phenolic OH excluding ortho intramolecular Hbond substituents is 1. The number of aromatic hydroxyl groups is 1. The largest absolute Gasteiger partial charge is 0.508 e. The fourth-order valence-electron chi connectivity index (χ4n) is 5.87. The number of rotatable bonds is 10. The summed E-state index contributed by atoms with van der Waals surface area (Å²) in [5, 5.41) is 19.7. The number of fused-ring (bicyclic) bond motifs is 2. The number of nitrogens with zero attached hydrogens (tertiary/aromatic N) is 7. The normalized spacial score (nSPS) is 11.3. The van der Waals surface area contributed by atoms with Crippen LogP contribution in [-0.4, -0.2) is 45.2 Å². The van der Waals surface area contributed by atoms with Crippen molar-refractivity contribution in [3.8, 4) is 34.3 Å². The van der Waals surface area contributed by atoms with Crippen LogP contribution in [-0.2, 0) is 24.4 Å². The van der Waals surface area contributed by atoms with E-state index >= 15 is 0 Å². The fraction of sp³-hybridized carbons (Fsp3) is 0.162. The summed E-state index contributed by atoms with van der Waals surface area (Å²) in [7, 11) is 0. The van der Waals surface area contributed by atoms with Crippen LogP contribution in [0, 0.1) is 0 Å². The van der Waals surface area contributed by atoms with Crippen molar-refractivity contribution in [1.82, 2.24) is 34.1 Å². The summed E-state index contributed by atoms with van der Waals surface area (Å²) in [4.78, 5) is 48.4. The van der Waals surface area contributed by atoms with Crippen molar-refractivity contribution in [2.24, 2.45) is 0 Å². The summed E-state index contributed by atoms with van der Waals surface area (Å²) in [5.74, 6) is 0.907. The Bertz CT molecular complexity index is 2470. The molecule has 0 aliphatic carbocycles. The number of ether oxygens (including phenoxy) is 1. The van der Waals surface area contributed by atoms with Crippen LogP contribution in [0.2, 0.25) is 0 Å². The molecule has 1 N–H and O–H groups in total. The topological polar surface area (TPSA) is 147 Å². The summed E-state index contributed by atoms with van der Waals surface area (Å²) in [5.41, 5.74) is 2.61. The van der Waals surface area contributed by atoms with Gasteiger partial charge in [-0.15, -0.1) is 5.10 Å². The minimum Gasteiger partial charge on any atom is -0.508 e. The highest BCUT2D eigenvalue weighted by molar-refractivity contribution is 5.81. The number of benzene rings is 4. The molecule has 49 heavy (non-hydrogen) atoms. The second-order valence-corrected chi connectivity index (χ2v) is 11.6. The predicted molar refractivity (Wildman–Crippen MR) is 184 cm³/mol. The molecular weight excluding hydrogens is 622 g/mol. The van der Waals surface area contributed by atoms with Gasteiger partial charge in [0, 0.05) is 31.1 Å². The maximum Gasteiger partial charge on any atom is 0.308 e. The van der Waals surface area contributed by atoms with Crippen LogP contribution in [0.4, 0.5) is 0 Å². The Morgan fingerprint density at radius 1 is 0.735 bits per heavy atom. The number of hydrogen-bond donors (Lipinski definition) is 1. The van der Waals surface area contributed by atoms with Gasteiger partial charge in [0.15, 0.2) is 0 Å². The van der Waals surface area contributed by atoms with Gasteiger partial charge >= 0.3 is 5.97 Å². The first kappa shape index (κ1) is 31.2. The molecule has 0 unspecified atom stereocenters. The summed E-state index contributed by atoms with van der Waals surface area (Å²) < 4.78 is 10.2. The van der Waals surface area contributed by atoms with E-state index in [-0.39, 0.29) is 23.4 Å². The van der Waals surface area contributed by atoms with E-state index in [1.807, 2.05) is 24.3 Å². The number of carbonyl (C=O) groups is 1. The van der Waals surface area contributed by atoms with E-state index in [2.05, 4.69) is 10.3 Å². The van der Waals surface area contributed by atoms with Gasteiger partial charge in [-0.2, -0.15) is 0 Å². The van der Waals surface area contributed by atoms with Crippen molar-refractivity contribution in [2.75, 3.05) is 0 Å². The van der Waals surface area contributed by atoms with E-state index in [9.17, 15) is 19.5 Å². The predicted octanol–water partition coefficient (Wildman–Crippen LogP) is 5.19. The first-order valence-corrected chi connectivity index (χ1v) is 15.8. The summed E-state index contributed by atoms with van der Waals surface area (Å²) in [6.07, 6.45) is 3.12. The first-order chi connectivity index (χ1) is 23.8. The van der Waals surface area contributed by atoms with E-state index in [1.165, 1.54) is 6.92 Å². The Morgan fingerprint density at radius 2 is 1.35 bits per heavy atom. The molecule has 0 spiro atoms. The van der Waals surface area contributed by atoms with Crippen LogP contribution in [0.3, 0.4) is 0 Å². The van der Waals surface area contributed by atoms with Gasteiger partial charge in [-0.3, -0.25) is 28.2 Å². The molecule has 0 aliphatic rings. The smallest absolute Gasteiger partial charge is 0.308 e. The number of unbranched alkanes of at least 4 members (excludes halogenated alkanes) is 1. The van der Waals surface area contributed by atoms with Crippen molar-refractivity contribution in [1.29, 1.82) is 0 Å². The fourth-order valence-corrected chi connectivity index (χ4v) is 5.87. The molecule has 0 amide bonds. The van der Waals surface area contributed by atoms with Gasteiger partial charge in [-0.25, -0.2) is 9.97 Å². The SMILES string of the molecule is CC(=O)Oc1cccc(-c2nc3ccccc3c(=O)n2CCCCn2cc(Cn3c(-c4cccc(O)c4)nc4ccccc4c3=O)nn2)c1. The van der Waals surface area contributed by atoms with Crippen LogP contribution in [0.1, 0.15) is 25.5 Å². The van der Waals surface area contributed by atoms with E-state index in [1.54, 1.807) is 92.8 Å². The Balaban J connectivity index is 1.10. The zero-order valence-electron chi connectivity index (χ0n) is 26.6.